The smallest absolute Gasteiger partial charge is 0.301 e. The third-order valence-corrected chi connectivity index (χ3v) is 7.47. The summed E-state index contributed by atoms with van der Waals surface area (Å²) in [5.41, 5.74) is 5.39. The second kappa shape index (κ2) is 8.18. The monoisotopic (exact) mass is 439 g/mol. The van der Waals surface area contributed by atoms with Gasteiger partial charge in [-0.3, -0.25) is 14.5 Å². The maximum atomic E-state index is 12.6. The lowest BCUT2D eigenvalue weighted by Crippen LogP contribution is -2.43. The van der Waals surface area contributed by atoms with Crippen LogP contribution < -0.4 is 4.72 Å². The number of anilines is 1. The molecular formula is C23H25N3O4S. The molecule has 8 heteroatoms. The molecule has 31 heavy (non-hydrogen) atoms. The van der Waals surface area contributed by atoms with Gasteiger partial charge in [-0.05, 0) is 42.2 Å². The molecule has 0 atom stereocenters. The lowest BCUT2D eigenvalue weighted by atomic mass is 9.97. The van der Waals surface area contributed by atoms with Gasteiger partial charge in [0.2, 0.25) is 0 Å². The number of allylic oxidation sites excluding steroid dienone is 1. The van der Waals surface area contributed by atoms with Crippen molar-refractivity contribution in [2.45, 2.75) is 25.7 Å². The molecule has 1 aromatic carbocycles. The van der Waals surface area contributed by atoms with E-state index in [1.54, 1.807) is 12.1 Å². The van der Waals surface area contributed by atoms with Crippen molar-refractivity contribution in [1.82, 2.24) is 9.29 Å². The third kappa shape index (κ3) is 4.42. The Bertz CT molecular complexity index is 1130. The molecule has 1 aliphatic heterocycles. The summed E-state index contributed by atoms with van der Waals surface area (Å²) < 4.78 is 34.4. The van der Waals surface area contributed by atoms with Gasteiger partial charge in [0.15, 0.2) is 0 Å². The first-order valence-corrected chi connectivity index (χ1v) is 12.1. The third-order valence-electron chi connectivity index (χ3n) is 5.93. The standard InChI is InChI=1S/C23H25N3O4S/c27-23(17-4-5-17)15-19-14-21(20-2-1-3-22(20)24-19)16-6-8-18(9-7-16)25-31(28,29)26-10-12-30-13-11-26/h1-2,6-9,14,17,25H,3-5,10-13,15H2. The molecule has 0 radical (unpaired) electrons. The minimum absolute atomic E-state index is 0.218. The second-order valence-electron chi connectivity index (χ2n) is 8.24. The number of aromatic nitrogens is 1. The molecule has 2 aliphatic carbocycles. The number of benzene rings is 1. The molecule has 2 fully saturated rings. The van der Waals surface area contributed by atoms with Crippen molar-refractivity contribution in [3.05, 3.63) is 53.4 Å². The summed E-state index contributed by atoms with van der Waals surface area (Å²) in [6.45, 7) is 1.52. The Morgan fingerprint density at radius 3 is 2.61 bits per heavy atom. The molecule has 162 valence electrons. The van der Waals surface area contributed by atoms with E-state index >= 15 is 0 Å². The van der Waals surface area contributed by atoms with Crippen molar-refractivity contribution in [3.63, 3.8) is 0 Å². The highest BCUT2D eigenvalue weighted by Crippen LogP contribution is 2.34. The van der Waals surface area contributed by atoms with Gasteiger partial charge in [0.05, 0.1) is 18.9 Å². The molecule has 2 heterocycles. The quantitative estimate of drug-likeness (QED) is 0.717. The predicted octanol–water partition coefficient (Wildman–Crippen LogP) is 2.83. The van der Waals surface area contributed by atoms with E-state index < -0.39 is 10.2 Å². The number of nitrogens with one attached hydrogen (secondary N) is 1. The average molecular weight is 440 g/mol. The zero-order chi connectivity index (χ0) is 21.4. The minimum Gasteiger partial charge on any atom is -0.379 e. The van der Waals surface area contributed by atoms with Crippen LogP contribution in [0.25, 0.3) is 17.2 Å². The van der Waals surface area contributed by atoms with Gasteiger partial charge in [0.1, 0.15) is 5.78 Å². The lowest BCUT2D eigenvalue weighted by Gasteiger charge is -2.26. The molecule has 5 rings (SSSR count). The van der Waals surface area contributed by atoms with Crippen molar-refractivity contribution in [2.24, 2.45) is 5.92 Å². The number of carbonyl (C=O) groups is 1. The normalized spacial score (nSPS) is 18.7. The zero-order valence-electron chi connectivity index (χ0n) is 17.2. The maximum Gasteiger partial charge on any atom is 0.301 e. The Hall–Kier alpha value is -2.55. The largest absolute Gasteiger partial charge is 0.379 e. The van der Waals surface area contributed by atoms with Gasteiger partial charge in [0.25, 0.3) is 0 Å². The molecule has 0 unspecified atom stereocenters. The van der Waals surface area contributed by atoms with Crippen molar-refractivity contribution >= 4 is 27.8 Å². The van der Waals surface area contributed by atoms with E-state index in [0.29, 0.717) is 38.4 Å². The van der Waals surface area contributed by atoms with Gasteiger partial charge in [-0.2, -0.15) is 12.7 Å². The fourth-order valence-corrected chi connectivity index (χ4v) is 5.26. The number of morpholine rings is 1. The predicted molar refractivity (Wildman–Crippen MR) is 119 cm³/mol. The molecular weight excluding hydrogens is 414 g/mol. The van der Waals surface area contributed by atoms with E-state index in [0.717, 1.165) is 47.3 Å². The van der Waals surface area contributed by atoms with Crippen LogP contribution in [0.5, 0.6) is 0 Å². The van der Waals surface area contributed by atoms with E-state index in [2.05, 4.69) is 16.9 Å². The van der Waals surface area contributed by atoms with Crippen LogP contribution >= 0.6 is 0 Å². The number of hydrogen-bond acceptors (Lipinski definition) is 5. The van der Waals surface area contributed by atoms with Crippen LogP contribution in [0.1, 0.15) is 29.8 Å². The van der Waals surface area contributed by atoms with Gasteiger partial charge in [0, 0.05) is 48.8 Å². The number of pyridine rings is 1. The number of rotatable bonds is 7. The molecule has 0 spiro atoms. The average Bonchev–Trinajstić information content (AvgIpc) is 3.52. The number of Topliss-reactive ketones (excluding diaryl/α,β-unsaturated/α-hetero) is 1. The van der Waals surface area contributed by atoms with Gasteiger partial charge < -0.3 is 4.74 Å². The van der Waals surface area contributed by atoms with Gasteiger partial charge in [-0.1, -0.05) is 24.3 Å². The Balaban J connectivity index is 1.38. The van der Waals surface area contributed by atoms with Crippen LogP contribution in [0.2, 0.25) is 0 Å². The minimum atomic E-state index is -3.60. The highest BCUT2D eigenvalue weighted by molar-refractivity contribution is 7.90. The topological polar surface area (TPSA) is 88.6 Å². The zero-order valence-corrected chi connectivity index (χ0v) is 18.0. The van der Waals surface area contributed by atoms with E-state index in [-0.39, 0.29) is 11.7 Å². The second-order valence-corrected chi connectivity index (χ2v) is 9.91. The number of ketones is 1. The van der Waals surface area contributed by atoms with Gasteiger partial charge >= 0.3 is 10.2 Å². The van der Waals surface area contributed by atoms with Gasteiger partial charge in [-0.15, -0.1) is 0 Å². The van der Waals surface area contributed by atoms with Crippen molar-refractivity contribution < 1.29 is 17.9 Å². The maximum absolute atomic E-state index is 12.6. The van der Waals surface area contributed by atoms with Crippen LogP contribution in [0.3, 0.4) is 0 Å². The van der Waals surface area contributed by atoms with Crippen LogP contribution in [-0.2, 0) is 32.6 Å². The van der Waals surface area contributed by atoms with Crippen LogP contribution in [0.15, 0.2) is 36.4 Å². The molecule has 1 aromatic heterocycles. The summed E-state index contributed by atoms with van der Waals surface area (Å²) in [6.07, 6.45) is 7.30. The van der Waals surface area contributed by atoms with E-state index in [1.165, 1.54) is 4.31 Å². The Morgan fingerprint density at radius 1 is 1.16 bits per heavy atom. The molecule has 0 amide bonds. The SMILES string of the molecule is O=C(Cc1cc(-c2ccc(NS(=O)(=O)N3CCOCC3)cc2)c2c(n1)CC=C2)C1CC1. The molecule has 1 saturated carbocycles. The molecule has 1 saturated heterocycles. The summed E-state index contributed by atoms with van der Waals surface area (Å²) in [7, 11) is -3.60. The van der Waals surface area contributed by atoms with Gasteiger partial charge in [-0.25, -0.2) is 0 Å². The first-order valence-electron chi connectivity index (χ1n) is 10.7. The molecule has 1 N–H and O–H groups in total. The molecule has 7 nitrogen and oxygen atoms in total. The number of ether oxygens (including phenoxy) is 1. The number of carbonyl (C=O) groups excluding carboxylic acids is 1. The molecule has 2 aromatic rings. The number of fused-ring (bicyclic) bond motifs is 1. The highest BCUT2D eigenvalue weighted by Gasteiger charge is 2.30. The summed E-state index contributed by atoms with van der Waals surface area (Å²) >= 11 is 0. The first-order chi connectivity index (χ1) is 15.0. The Labute approximate surface area is 182 Å². The molecule has 0 bridgehead atoms. The Morgan fingerprint density at radius 2 is 1.90 bits per heavy atom. The van der Waals surface area contributed by atoms with Crippen molar-refractivity contribution in [1.29, 1.82) is 0 Å². The van der Waals surface area contributed by atoms with E-state index in [9.17, 15) is 13.2 Å². The van der Waals surface area contributed by atoms with Crippen LogP contribution in [0.4, 0.5) is 5.69 Å². The summed E-state index contributed by atoms with van der Waals surface area (Å²) in [4.78, 5) is 17.0. The summed E-state index contributed by atoms with van der Waals surface area (Å²) in [5.74, 6) is 0.493. The fraction of sp³-hybridized carbons (Fsp3) is 0.391. The van der Waals surface area contributed by atoms with E-state index in [1.807, 2.05) is 18.2 Å². The van der Waals surface area contributed by atoms with Crippen LogP contribution in [-0.4, -0.2) is 49.8 Å². The van der Waals surface area contributed by atoms with Crippen molar-refractivity contribution in [2.75, 3.05) is 31.0 Å². The summed E-state index contributed by atoms with van der Waals surface area (Å²) in [6, 6.07) is 9.36. The number of nitrogens with zero attached hydrogens (tertiary/aromatic N) is 2. The molecule has 3 aliphatic rings. The van der Waals surface area contributed by atoms with E-state index in [4.69, 9.17) is 9.72 Å². The van der Waals surface area contributed by atoms with Crippen molar-refractivity contribution in [3.8, 4) is 11.1 Å². The fourth-order valence-electron chi connectivity index (χ4n) is 4.07. The Kier molecular flexibility index (Phi) is 5.37. The highest BCUT2D eigenvalue weighted by atomic mass is 32.2. The summed E-state index contributed by atoms with van der Waals surface area (Å²) in [5, 5.41) is 0. The first kappa shape index (κ1) is 20.4. The van der Waals surface area contributed by atoms with Crippen LogP contribution in [0, 0.1) is 5.92 Å². The number of hydrogen-bond donors (Lipinski definition) is 1. The lowest BCUT2D eigenvalue weighted by molar-refractivity contribution is -0.119.